The zero-order valence-corrected chi connectivity index (χ0v) is 21.7. The van der Waals surface area contributed by atoms with Crippen molar-refractivity contribution in [2.24, 2.45) is 5.73 Å². The standard InChI is InChI=1S/C26H49N3O2S/c1-3-4-5-6-7-8-9-10-11-12-13-14-15-16-17-18-20-28-25(30)24-22-31-26(29-24)23(27)19-21-32-2/h22-23H,3-21,27H2,1-2H3,(H,28,30). The van der Waals surface area contributed by atoms with Gasteiger partial charge in [0.1, 0.15) is 6.26 Å². The number of nitrogens with zero attached hydrogens (tertiary/aromatic N) is 1. The molecule has 3 N–H and O–H groups in total. The molecule has 0 saturated heterocycles. The van der Waals surface area contributed by atoms with Gasteiger partial charge in [-0.05, 0) is 24.9 Å². The average molecular weight is 468 g/mol. The first kappa shape index (κ1) is 29.0. The van der Waals surface area contributed by atoms with Crippen LogP contribution in [-0.4, -0.2) is 29.4 Å². The molecule has 1 rings (SSSR count). The topological polar surface area (TPSA) is 81.2 Å². The van der Waals surface area contributed by atoms with Crippen LogP contribution < -0.4 is 11.1 Å². The first-order chi connectivity index (χ1) is 15.7. The molecule has 1 atom stereocenters. The van der Waals surface area contributed by atoms with Crippen LogP contribution in [0.25, 0.3) is 0 Å². The number of aromatic nitrogens is 1. The van der Waals surface area contributed by atoms with Crippen molar-refractivity contribution < 1.29 is 9.21 Å². The molecule has 0 saturated carbocycles. The van der Waals surface area contributed by atoms with Crippen LogP contribution in [0, 0.1) is 0 Å². The fourth-order valence-electron chi connectivity index (χ4n) is 3.90. The Balaban J connectivity index is 1.89. The lowest BCUT2D eigenvalue weighted by Gasteiger charge is -2.05. The van der Waals surface area contributed by atoms with Crippen LogP contribution in [0.15, 0.2) is 10.7 Å². The van der Waals surface area contributed by atoms with E-state index >= 15 is 0 Å². The molecule has 0 spiro atoms. The quantitative estimate of drug-likeness (QED) is 0.173. The van der Waals surface area contributed by atoms with E-state index in [0.29, 0.717) is 18.1 Å². The lowest BCUT2D eigenvalue weighted by Crippen LogP contribution is -2.25. The Kier molecular flexibility index (Phi) is 18.7. The second-order valence-electron chi connectivity index (χ2n) is 9.02. The van der Waals surface area contributed by atoms with Crippen molar-refractivity contribution in [1.82, 2.24) is 10.3 Å². The van der Waals surface area contributed by atoms with Gasteiger partial charge < -0.3 is 15.5 Å². The van der Waals surface area contributed by atoms with Gasteiger partial charge in [-0.3, -0.25) is 4.79 Å². The SMILES string of the molecule is CCCCCCCCCCCCCCCCCCNC(=O)c1coc(C(N)CCSC)n1. The van der Waals surface area contributed by atoms with E-state index in [2.05, 4.69) is 17.2 Å². The number of nitrogens with one attached hydrogen (secondary N) is 1. The smallest absolute Gasteiger partial charge is 0.273 e. The van der Waals surface area contributed by atoms with Gasteiger partial charge in [-0.2, -0.15) is 11.8 Å². The summed E-state index contributed by atoms with van der Waals surface area (Å²) >= 11 is 1.74. The van der Waals surface area contributed by atoms with Gasteiger partial charge in [0.05, 0.1) is 6.04 Å². The van der Waals surface area contributed by atoms with Gasteiger partial charge in [0, 0.05) is 6.54 Å². The fourth-order valence-corrected chi connectivity index (χ4v) is 4.39. The van der Waals surface area contributed by atoms with E-state index in [0.717, 1.165) is 18.6 Å². The Morgan fingerprint density at radius 1 is 0.938 bits per heavy atom. The summed E-state index contributed by atoms with van der Waals surface area (Å²) in [6.07, 6.45) is 25.9. The minimum atomic E-state index is -0.246. The van der Waals surface area contributed by atoms with Crippen molar-refractivity contribution >= 4 is 17.7 Å². The molecular weight excluding hydrogens is 418 g/mol. The Morgan fingerprint density at radius 3 is 1.94 bits per heavy atom. The molecule has 0 aliphatic heterocycles. The van der Waals surface area contributed by atoms with Gasteiger partial charge in [-0.25, -0.2) is 4.98 Å². The number of thioether (sulfide) groups is 1. The Hall–Kier alpha value is -1.01. The third-order valence-corrected chi connectivity index (χ3v) is 6.66. The molecule has 0 aliphatic rings. The molecule has 0 aromatic carbocycles. The first-order valence-electron chi connectivity index (χ1n) is 13.2. The number of carbonyl (C=O) groups excluding carboxylic acids is 1. The summed E-state index contributed by atoms with van der Waals surface area (Å²) in [5.74, 6) is 1.23. The van der Waals surface area contributed by atoms with Crippen LogP contribution in [0.1, 0.15) is 138 Å². The molecule has 32 heavy (non-hydrogen) atoms. The molecule has 0 radical (unpaired) electrons. The lowest BCUT2D eigenvalue weighted by atomic mass is 10.0. The van der Waals surface area contributed by atoms with Gasteiger partial charge in [0.15, 0.2) is 5.69 Å². The molecule has 0 bridgehead atoms. The predicted molar refractivity (Wildman–Crippen MR) is 138 cm³/mol. The predicted octanol–water partition coefficient (Wildman–Crippen LogP) is 7.42. The summed E-state index contributed by atoms with van der Waals surface area (Å²) < 4.78 is 5.38. The van der Waals surface area contributed by atoms with Crippen molar-refractivity contribution in [3.05, 3.63) is 17.8 Å². The normalized spacial score (nSPS) is 12.2. The second-order valence-corrected chi connectivity index (χ2v) is 10.0. The lowest BCUT2D eigenvalue weighted by molar-refractivity contribution is 0.0948. The molecule has 186 valence electrons. The maximum atomic E-state index is 12.2. The Labute approximate surface area is 201 Å². The number of rotatable bonds is 22. The molecule has 1 amide bonds. The van der Waals surface area contributed by atoms with E-state index in [1.807, 2.05) is 6.26 Å². The summed E-state index contributed by atoms with van der Waals surface area (Å²) in [4.78, 5) is 16.4. The van der Waals surface area contributed by atoms with Gasteiger partial charge in [0.2, 0.25) is 5.89 Å². The summed E-state index contributed by atoms with van der Waals surface area (Å²) in [6, 6.07) is -0.246. The van der Waals surface area contributed by atoms with Crippen LogP contribution >= 0.6 is 11.8 Å². The third kappa shape index (κ3) is 14.9. The van der Waals surface area contributed by atoms with E-state index < -0.39 is 0 Å². The van der Waals surface area contributed by atoms with Crippen molar-refractivity contribution in [2.45, 2.75) is 122 Å². The minimum absolute atomic E-state index is 0.168. The Morgan fingerprint density at radius 2 is 1.44 bits per heavy atom. The average Bonchev–Trinajstić information content (AvgIpc) is 3.30. The van der Waals surface area contributed by atoms with Crippen molar-refractivity contribution in [3.8, 4) is 0 Å². The van der Waals surface area contributed by atoms with Crippen LogP contribution in [0.4, 0.5) is 0 Å². The van der Waals surface area contributed by atoms with Crippen molar-refractivity contribution in [3.63, 3.8) is 0 Å². The molecule has 1 aromatic rings. The number of amides is 1. The molecular formula is C26H49N3O2S. The third-order valence-electron chi connectivity index (χ3n) is 6.02. The van der Waals surface area contributed by atoms with E-state index in [4.69, 9.17) is 10.2 Å². The highest BCUT2D eigenvalue weighted by molar-refractivity contribution is 7.98. The van der Waals surface area contributed by atoms with Gasteiger partial charge >= 0.3 is 0 Å². The molecule has 6 heteroatoms. The minimum Gasteiger partial charge on any atom is -0.446 e. The largest absolute Gasteiger partial charge is 0.446 e. The molecule has 0 aliphatic carbocycles. The van der Waals surface area contributed by atoms with Gasteiger partial charge in [-0.15, -0.1) is 0 Å². The van der Waals surface area contributed by atoms with Crippen LogP contribution in [0.5, 0.6) is 0 Å². The van der Waals surface area contributed by atoms with E-state index in [1.54, 1.807) is 11.8 Å². The first-order valence-corrected chi connectivity index (χ1v) is 14.6. The highest BCUT2D eigenvalue weighted by atomic mass is 32.2. The summed E-state index contributed by atoms with van der Waals surface area (Å²) in [6.45, 7) is 2.97. The summed E-state index contributed by atoms with van der Waals surface area (Å²) in [5.41, 5.74) is 6.37. The number of hydrogen-bond donors (Lipinski definition) is 2. The molecule has 1 aromatic heterocycles. The number of oxazole rings is 1. The number of unbranched alkanes of at least 4 members (excludes halogenated alkanes) is 15. The fraction of sp³-hybridized carbons (Fsp3) is 0.846. The highest BCUT2D eigenvalue weighted by Gasteiger charge is 2.16. The maximum absolute atomic E-state index is 12.2. The summed E-state index contributed by atoms with van der Waals surface area (Å²) in [7, 11) is 0. The molecule has 5 nitrogen and oxygen atoms in total. The van der Waals surface area contributed by atoms with E-state index in [9.17, 15) is 4.79 Å². The zero-order valence-electron chi connectivity index (χ0n) is 20.8. The number of carbonyl (C=O) groups is 1. The van der Waals surface area contributed by atoms with E-state index in [1.165, 1.54) is 103 Å². The van der Waals surface area contributed by atoms with Crippen LogP contribution in [-0.2, 0) is 0 Å². The van der Waals surface area contributed by atoms with Gasteiger partial charge in [-0.1, -0.05) is 103 Å². The number of nitrogens with two attached hydrogens (primary N) is 1. The van der Waals surface area contributed by atoms with Crippen LogP contribution in [0.3, 0.4) is 0 Å². The molecule has 1 unspecified atom stereocenters. The Bertz CT molecular complexity index is 565. The monoisotopic (exact) mass is 467 g/mol. The van der Waals surface area contributed by atoms with E-state index in [-0.39, 0.29) is 11.9 Å². The summed E-state index contributed by atoms with van der Waals surface area (Å²) in [5, 5.41) is 2.94. The van der Waals surface area contributed by atoms with Crippen LogP contribution in [0.2, 0.25) is 0 Å². The van der Waals surface area contributed by atoms with Gasteiger partial charge in [0.25, 0.3) is 5.91 Å². The van der Waals surface area contributed by atoms with Crippen molar-refractivity contribution in [2.75, 3.05) is 18.6 Å². The maximum Gasteiger partial charge on any atom is 0.273 e. The molecule has 0 fully saturated rings. The van der Waals surface area contributed by atoms with Crippen molar-refractivity contribution in [1.29, 1.82) is 0 Å². The highest BCUT2D eigenvalue weighted by Crippen LogP contribution is 2.16. The zero-order chi connectivity index (χ0) is 23.3. The molecule has 1 heterocycles. The second kappa shape index (κ2) is 20.6. The number of hydrogen-bond acceptors (Lipinski definition) is 5.